The van der Waals surface area contributed by atoms with Crippen molar-refractivity contribution in [1.82, 2.24) is 19.1 Å². The SMILES string of the molecule is Cn1ccc2c1c1c(-c3ccco3)ncnc1n2C1CCC(CO)O1. The van der Waals surface area contributed by atoms with Gasteiger partial charge in [-0.2, -0.15) is 0 Å². The molecule has 7 nitrogen and oxygen atoms in total. The fraction of sp³-hybridized carbons (Fsp3) is 0.333. The van der Waals surface area contributed by atoms with E-state index >= 15 is 0 Å². The second-order valence-corrected chi connectivity index (χ2v) is 6.40. The number of hydrogen-bond donors (Lipinski definition) is 1. The van der Waals surface area contributed by atoms with Crippen LogP contribution < -0.4 is 0 Å². The minimum Gasteiger partial charge on any atom is -0.463 e. The number of nitrogens with zero attached hydrogens (tertiary/aromatic N) is 4. The second kappa shape index (κ2) is 5.44. The number of aliphatic hydroxyl groups excluding tert-OH is 1. The third-order valence-corrected chi connectivity index (χ3v) is 4.93. The Morgan fingerprint density at radius 3 is 2.96 bits per heavy atom. The topological polar surface area (TPSA) is 78.2 Å². The van der Waals surface area contributed by atoms with Crippen LogP contribution in [0.5, 0.6) is 0 Å². The van der Waals surface area contributed by atoms with E-state index in [4.69, 9.17) is 9.15 Å². The number of aromatic nitrogens is 4. The summed E-state index contributed by atoms with van der Waals surface area (Å²) in [7, 11) is 2.01. The molecule has 1 N–H and O–H groups in total. The largest absolute Gasteiger partial charge is 0.463 e. The van der Waals surface area contributed by atoms with Crippen LogP contribution >= 0.6 is 0 Å². The van der Waals surface area contributed by atoms with Gasteiger partial charge in [-0.3, -0.25) is 4.57 Å². The van der Waals surface area contributed by atoms with Crippen LogP contribution in [0, 0.1) is 0 Å². The molecule has 0 bridgehead atoms. The predicted octanol–water partition coefficient (Wildman–Crippen LogP) is 2.85. The lowest BCUT2D eigenvalue weighted by Gasteiger charge is -2.15. The Labute approximate surface area is 143 Å². The highest BCUT2D eigenvalue weighted by Crippen LogP contribution is 2.39. The first-order valence-corrected chi connectivity index (χ1v) is 8.38. The van der Waals surface area contributed by atoms with Crippen molar-refractivity contribution in [3.63, 3.8) is 0 Å². The Bertz CT molecular complexity index is 1050. The Kier molecular flexibility index (Phi) is 3.19. The normalized spacial score (nSPS) is 20.9. The molecule has 25 heavy (non-hydrogen) atoms. The molecule has 128 valence electrons. The number of hydrogen-bond acceptors (Lipinski definition) is 5. The molecule has 5 heterocycles. The van der Waals surface area contributed by atoms with Gasteiger partial charge in [-0.1, -0.05) is 0 Å². The molecule has 4 aromatic heterocycles. The van der Waals surface area contributed by atoms with Crippen molar-refractivity contribution in [2.45, 2.75) is 25.2 Å². The summed E-state index contributed by atoms with van der Waals surface area (Å²) >= 11 is 0. The fourth-order valence-corrected chi connectivity index (χ4v) is 3.81. The molecule has 2 unspecified atom stereocenters. The lowest BCUT2D eigenvalue weighted by atomic mass is 10.2. The Morgan fingerprint density at radius 2 is 2.20 bits per heavy atom. The maximum atomic E-state index is 9.40. The van der Waals surface area contributed by atoms with Crippen LogP contribution in [0.2, 0.25) is 0 Å². The van der Waals surface area contributed by atoms with Crippen LogP contribution in [0.25, 0.3) is 33.5 Å². The first-order valence-electron chi connectivity index (χ1n) is 8.38. The van der Waals surface area contributed by atoms with E-state index in [0.717, 1.165) is 40.6 Å². The molecular weight excluding hydrogens is 320 g/mol. The van der Waals surface area contributed by atoms with Gasteiger partial charge >= 0.3 is 0 Å². The minimum absolute atomic E-state index is 0.0419. The second-order valence-electron chi connectivity index (χ2n) is 6.40. The fourth-order valence-electron chi connectivity index (χ4n) is 3.81. The van der Waals surface area contributed by atoms with Gasteiger partial charge in [0.25, 0.3) is 0 Å². The van der Waals surface area contributed by atoms with Gasteiger partial charge in [0.05, 0.1) is 35.4 Å². The lowest BCUT2D eigenvalue weighted by Crippen LogP contribution is -2.14. The van der Waals surface area contributed by atoms with Crippen LogP contribution in [0.15, 0.2) is 41.4 Å². The third-order valence-electron chi connectivity index (χ3n) is 4.93. The molecule has 1 saturated heterocycles. The summed E-state index contributed by atoms with van der Waals surface area (Å²) in [6.07, 6.45) is 6.66. The quantitative estimate of drug-likeness (QED) is 0.621. The molecule has 1 aliphatic rings. The van der Waals surface area contributed by atoms with Crippen molar-refractivity contribution in [3.8, 4) is 11.5 Å². The highest BCUT2D eigenvalue weighted by atomic mass is 16.5. The third kappa shape index (κ3) is 2.06. The van der Waals surface area contributed by atoms with Gasteiger partial charge in [-0.25, -0.2) is 9.97 Å². The summed E-state index contributed by atoms with van der Waals surface area (Å²) in [5.74, 6) is 0.716. The number of ether oxygens (including phenoxy) is 1. The van der Waals surface area contributed by atoms with Gasteiger partial charge in [0.15, 0.2) is 5.76 Å². The summed E-state index contributed by atoms with van der Waals surface area (Å²) in [4.78, 5) is 9.03. The Hall–Kier alpha value is -2.64. The average Bonchev–Trinajstić information content (AvgIpc) is 3.40. The molecule has 0 spiro atoms. The molecular formula is C18H18N4O3. The van der Waals surface area contributed by atoms with Gasteiger partial charge in [0.1, 0.15) is 23.9 Å². The van der Waals surface area contributed by atoms with Crippen LogP contribution in [0.3, 0.4) is 0 Å². The first kappa shape index (κ1) is 14.7. The lowest BCUT2D eigenvalue weighted by molar-refractivity contribution is -0.0185. The zero-order chi connectivity index (χ0) is 17.0. The van der Waals surface area contributed by atoms with E-state index < -0.39 is 0 Å². The van der Waals surface area contributed by atoms with Gasteiger partial charge in [0, 0.05) is 13.2 Å². The molecule has 1 fully saturated rings. The van der Waals surface area contributed by atoms with E-state index in [1.54, 1.807) is 12.6 Å². The number of fused-ring (bicyclic) bond motifs is 3. The molecule has 0 saturated carbocycles. The predicted molar refractivity (Wildman–Crippen MR) is 91.9 cm³/mol. The molecule has 2 atom stereocenters. The Balaban J connectivity index is 1.82. The van der Waals surface area contributed by atoms with Gasteiger partial charge in [0.2, 0.25) is 0 Å². The van der Waals surface area contributed by atoms with Crippen molar-refractivity contribution in [3.05, 3.63) is 37.0 Å². The van der Waals surface area contributed by atoms with Crippen LogP contribution in [0.1, 0.15) is 19.1 Å². The van der Waals surface area contributed by atoms with E-state index in [-0.39, 0.29) is 18.9 Å². The van der Waals surface area contributed by atoms with E-state index in [0.29, 0.717) is 5.76 Å². The number of rotatable bonds is 3. The highest BCUT2D eigenvalue weighted by molar-refractivity contribution is 6.10. The minimum atomic E-state index is -0.140. The molecule has 0 amide bonds. The zero-order valence-corrected chi connectivity index (χ0v) is 13.8. The van der Waals surface area contributed by atoms with Crippen LogP contribution in [-0.2, 0) is 11.8 Å². The molecule has 0 aromatic carbocycles. The van der Waals surface area contributed by atoms with Crippen molar-refractivity contribution in [1.29, 1.82) is 0 Å². The summed E-state index contributed by atoms with van der Waals surface area (Å²) in [6.45, 7) is 0.0419. The molecule has 1 aliphatic heterocycles. The molecule has 0 radical (unpaired) electrons. The Morgan fingerprint density at radius 1 is 1.28 bits per heavy atom. The smallest absolute Gasteiger partial charge is 0.153 e. The van der Waals surface area contributed by atoms with E-state index in [9.17, 15) is 5.11 Å². The van der Waals surface area contributed by atoms with Crippen molar-refractivity contribution >= 4 is 22.1 Å². The van der Waals surface area contributed by atoms with E-state index in [1.165, 1.54) is 0 Å². The van der Waals surface area contributed by atoms with Crippen molar-refractivity contribution in [2.24, 2.45) is 7.05 Å². The van der Waals surface area contributed by atoms with Crippen molar-refractivity contribution in [2.75, 3.05) is 6.61 Å². The van der Waals surface area contributed by atoms with Gasteiger partial charge < -0.3 is 18.8 Å². The van der Waals surface area contributed by atoms with Crippen molar-refractivity contribution < 1.29 is 14.3 Å². The van der Waals surface area contributed by atoms with Crippen LogP contribution in [0.4, 0.5) is 0 Å². The molecule has 4 aromatic rings. The standard InChI is InChI=1S/C18H18N4O3/c1-21-7-6-12-17(21)15-16(13-3-2-8-24-13)19-10-20-18(15)22(12)14-5-4-11(9-23)25-14/h2-3,6-8,10-11,14,23H,4-5,9H2,1H3. The maximum Gasteiger partial charge on any atom is 0.153 e. The number of aliphatic hydroxyl groups is 1. The average molecular weight is 338 g/mol. The summed E-state index contributed by atoms with van der Waals surface area (Å²) in [5.41, 5.74) is 3.70. The monoisotopic (exact) mass is 338 g/mol. The molecule has 7 heteroatoms. The number of aryl methyl sites for hydroxylation is 1. The molecule has 0 aliphatic carbocycles. The highest BCUT2D eigenvalue weighted by Gasteiger charge is 2.30. The summed E-state index contributed by atoms with van der Waals surface area (Å²) < 4.78 is 15.8. The van der Waals surface area contributed by atoms with Gasteiger partial charge in [-0.05, 0) is 31.0 Å². The zero-order valence-electron chi connectivity index (χ0n) is 13.8. The van der Waals surface area contributed by atoms with Gasteiger partial charge in [-0.15, -0.1) is 0 Å². The first-order chi connectivity index (χ1) is 12.3. The van der Waals surface area contributed by atoms with E-state index in [2.05, 4.69) is 25.2 Å². The maximum absolute atomic E-state index is 9.40. The van der Waals surface area contributed by atoms with E-state index in [1.807, 2.05) is 25.4 Å². The molecule has 5 rings (SSSR count). The number of furan rings is 1. The summed E-state index contributed by atoms with van der Waals surface area (Å²) in [5, 5.41) is 10.4. The van der Waals surface area contributed by atoms with Crippen LogP contribution in [-0.4, -0.2) is 36.9 Å². The summed E-state index contributed by atoms with van der Waals surface area (Å²) in [6, 6.07) is 5.83.